The van der Waals surface area contributed by atoms with Gasteiger partial charge >= 0.3 is 5.97 Å². The number of sulfone groups is 1. The number of rotatable bonds is 6. The van der Waals surface area contributed by atoms with Crippen molar-refractivity contribution in [2.45, 2.75) is 12.5 Å². The molecule has 132 valence electrons. The fourth-order valence-corrected chi connectivity index (χ4v) is 4.42. The molecule has 1 aromatic carbocycles. The smallest absolute Gasteiger partial charge is 0.344 e. The maximum Gasteiger partial charge on any atom is 0.344 e. The van der Waals surface area contributed by atoms with Crippen LogP contribution in [0.4, 0.5) is 0 Å². The fraction of sp³-hybridized carbons (Fsp3) is 0.467. The van der Waals surface area contributed by atoms with E-state index in [0.29, 0.717) is 12.2 Å². The molecule has 1 heterocycles. The molecule has 0 aromatic heterocycles. The van der Waals surface area contributed by atoms with E-state index in [1.807, 2.05) is 6.07 Å². The van der Waals surface area contributed by atoms with Crippen molar-refractivity contribution in [2.75, 3.05) is 31.8 Å². The first-order valence-corrected chi connectivity index (χ1v) is 9.88. The Labute approximate surface area is 149 Å². The highest BCUT2D eigenvalue weighted by Gasteiger charge is 2.32. The molecule has 0 N–H and O–H groups in total. The maximum absolute atomic E-state index is 12.0. The van der Waals surface area contributed by atoms with Crippen LogP contribution in [0.25, 0.3) is 0 Å². The topological polar surface area (TPSA) is 90.0 Å². The second kappa shape index (κ2) is 7.98. The summed E-state index contributed by atoms with van der Waals surface area (Å²) in [5.74, 6) is -0.574. The van der Waals surface area contributed by atoms with Crippen molar-refractivity contribution in [3.05, 3.63) is 28.7 Å². The van der Waals surface area contributed by atoms with Crippen molar-refractivity contribution in [2.24, 2.45) is 0 Å². The van der Waals surface area contributed by atoms with Crippen LogP contribution in [0, 0.1) is 0 Å². The van der Waals surface area contributed by atoms with Gasteiger partial charge in [0.25, 0.3) is 5.91 Å². The van der Waals surface area contributed by atoms with Gasteiger partial charge in [-0.05, 0) is 24.6 Å². The second-order valence-electron chi connectivity index (χ2n) is 5.47. The predicted molar refractivity (Wildman–Crippen MR) is 90.4 cm³/mol. The summed E-state index contributed by atoms with van der Waals surface area (Å²) in [4.78, 5) is 24.9. The molecule has 1 aliphatic rings. The highest BCUT2D eigenvalue weighted by atomic mass is 79.9. The summed E-state index contributed by atoms with van der Waals surface area (Å²) in [7, 11) is -1.56. The summed E-state index contributed by atoms with van der Waals surface area (Å²) in [6, 6.07) is 6.62. The van der Waals surface area contributed by atoms with Crippen molar-refractivity contribution < 1.29 is 27.5 Å². The first-order chi connectivity index (χ1) is 11.3. The third-order valence-electron chi connectivity index (χ3n) is 3.66. The first kappa shape index (κ1) is 18.7. The molecule has 1 aromatic rings. The zero-order chi connectivity index (χ0) is 17.7. The number of carbonyl (C=O) groups excluding carboxylic acids is 2. The molecule has 0 radical (unpaired) electrons. The highest BCUT2D eigenvalue weighted by molar-refractivity contribution is 9.10. The molecule has 9 heteroatoms. The summed E-state index contributed by atoms with van der Waals surface area (Å²) in [6.07, 6.45) is 0.407. The number of likely N-dealkylation sites (N-methyl/N-ethyl adjacent to an activating group) is 1. The normalized spacial score (nSPS) is 18.8. The molecule has 1 amide bonds. The minimum Gasteiger partial charge on any atom is -0.482 e. The molecule has 0 aliphatic carbocycles. The summed E-state index contributed by atoms with van der Waals surface area (Å²) >= 11 is 3.29. The Bertz CT molecular complexity index is 720. The minimum atomic E-state index is -3.07. The van der Waals surface area contributed by atoms with Gasteiger partial charge in [-0.2, -0.15) is 0 Å². The summed E-state index contributed by atoms with van der Waals surface area (Å²) in [6.45, 7) is -0.751. The van der Waals surface area contributed by atoms with Crippen LogP contribution < -0.4 is 4.74 Å². The van der Waals surface area contributed by atoms with E-state index in [1.165, 1.54) is 11.9 Å². The number of ether oxygens (including phenoxy) is 2. The quantitative estimate of drug-likeness (QED) is 0.639. The number of hydrogen-bond donors (Lipinski definition) is 0. The third kappa shape index (κ3) is 5.48. The van der Waals surface area contributed by atoms with E-state index in [1.54, 1.807) is 18.2 Å². The molecule has 1 fully saturated rings. The molecule has 24 heavy (non-hydrogen) atoms. The average molecular weight is 420 g/mol. The van der Waals surface area contributed by atoms with Crippen LogP contribution in [0.5, 0.6) is 5.75 Å². The van der Waals surface area contributed by atoms with Crippen LogP contribution in [0.1, 0.15) is 6.42 Å². The van der Waals surface area contributed by atoms with Crippen molar-refractivity contribution in [1.29, 1.82) is 0 Å². The van der Waals surface area contributed by atoms with Gasteiger partial charge in [-0.25, -0.2) is 13.2 Å². The van der Waals surface area contributed by atoms with Gasteiger partial charge in [-0.1, -0.05) is 22.0 Å². The Morgan fingerprint density at radius 2 is 2.08 bits per heavy atom. The minimum absolute atomic E-state index is 0.0464. The van der Waals surface area contributed by atoms with Crippen LogP contribution in [-0.2, 0) is 24.2 Å². The number of amides is 1. The Morgan fingerprint density at radius 1 is 1.33 bits per heavy atom. The van der Waals surface area contributed by atoms with E-state index in [0.717, 1.165) is 4.47 Å². The Balaban J connectivity index is 1.74. The lowest BCUT2D eigenvalue weighted by Gasteiger charge is -2.23. The van der Waals surface area contributed by atoms with Crippen molar-refractivity contribution in [1.82, 2.24) is 4.90 Å². The van der Waals surface area contributed by atoms with Crippen LogP contribution in [0.2, 0.25) is 0 Å². The first-order valence-electron chi connectivity index (χ1n) is 7.27. The van der Waals surface area contributed by atoms with Crippen LogP contribution in [0.3, 0.4) is 0 Å². The zero-order valence-electron chi connectivity index (χ0n) is 13.1. The van der Waals surface area contributed by atoms with E-state index >= 15 is 0 Å². The molecular formula is C15H18BrNO6S. The molecular weight excluding hydrogens is 402 g/mol. The molecule has 0 saturated carbocycles. The number of carbonyl (C=O) groups is 2. The van der Waals surface area contributed by atoms with Gasteiger partial charge in [0.15, 0.2) is 23.1 Å². The lowest BCUT2D eigenvalue weighted by Crippen LogP contribution is -2.40. The van der Waals surface area contributed by atoms with Gasteiger partial charge in [-0.3, -0.25) is 4.79 Å². The molecule has 0 spiro atoms. The standard InChI is InChI=1S/C15H18BrNO6S/c1-17(12-5-6-24(20,21)10-12)14(18)8-23-15(19)9-22-13-4-2-3-11(16)7-13/h2-4,7,12H,5-6,8-10H2,1H3/t12-/m1/s1. The average Bonchev–Trinajstić information content (AvgIpc) is 2.90. The van der Waals surface area contributed by atoms with Crippen LogP contribution in [0.15, 0.2) is 28.7 Å². The van der Waals surface area contributed by atoms with Crippen molar-refractivity contribution >= 4 is 37.6 Å². The number of halogens is 1. The fourth-order valence-electron chi connectivity index (χ4n) is 2.27. The van der Waals surface area contributed by atoms with Crippen LogP contribution in [-0.4, -0.2) is 63.0 Å². The SMILES string of the molecule is CN(C(=O)COC(=O)COc1cccc(Br)c1)[C@@H]1CCS(=O)(=O)C1. The molecule has 1 saturated heterocycles. The molecule has 0 bridgehead atoms. The monoisotopic (exact) mass is 419 g/mol. The van der Waals surface area contributed by atoms with Gasteiger partial charge < -0.3 is 14.4 Å². The van der Waals surface area contributed by atoms with Gasteiger partial charge in [0.1, 0.15) is 5.75 Å². The van der Waals surface area contributed by atoms with Gasteiger partial charge in [0.2, 0.25) is 0 Å². The van der Waals surface area contributed by atoms with E-state index < -0.39 is 28.3 Å². The van der Waals surface area contributed by atoms with Crippen molar-refractivity contribution in [3.8, 4) is 5.75 Å². The Hall–Kier alpha value is -1.61. The van der Waals surface area contributed by atoms with Gasteiger partial charge in [0.05, 0.1) is 11.5 Å². The summed E-state index contributed by atoms with van der Waals surface area (Å²) in [5.41, 5.74) is 0. The Morgan fingerprint density at radius 3 is 2.71 bits per heavy atom. The number of nitrogens with zero attached hydrogens (tertiary/aromatic N) is 1. The molecule has 7 nitrogen and oxygen atoms in total. The van der Waals surface area contributed by atoms with E-state index in [9.17, 15) is 18.0 Å². The molecule has 1 atom stereocenters. The largest absolute Gasteiger partial charge is 0.482 e. The van der Waals surface area contributed by atoms with Crippen molar-refractivity contribution in [3.63, 3.8) is 0 Å². The van der Waals surface area contributed by atoms with Gasteiger partial charge in [0, 0.05) is 17.6 Å². The predicted octanol–water partition coefficient (Wildman–Crippen LogP) is 1.02. The lowest BCUT2D eigenvalue weighted by atomic mass is 10.2. The molecule has 2 rings (SSSR count). The second-order valence-corrected chi connectivity index (χ2v) is 8.61. The highest BCUT2D eigenvalue weighted by Crippen LogP contribution is 2.18. The number of esters is 1. The van der Waals surface area contributed by atoms with E-state index in [2.05, 4.69) is 15.9 Å². The lowest BCUT2D eigenvalue weighted by molar-refractivity contribution is -0.153. The summed E-state index contributed by atoms with van der Waals surface area (Å²) in [5, 5.41) is 0. The van der Waals surface area contributed by atoms with Gasteiger partial charge in [-0.15, -0.1) is 0 Å². The zero-order valence-corrected chi connectivity index (χ0v) is 15.5. The Kier molecular flexibility index (Phi) is 6.22. The number of hydrogen-bond acceptors (Lipinski definition) is 6. The maximum atomic E-state index is 12.0. The third-order valence-corrected chi connectivity index (χ3v) is 5.90. The van der Waals surface area contributed by atoms with E-state index in [-0.39, 0.29) is 24.2 Å². The van der Waals surface area contributed by atoms with E-state index in [4.69, 9.17) is 9.47 Å². The number of benzene rings is 1. The molecule has 0 unspecified atom stereocenters. The molecule has 1 aliphatic heterocycles. The summed E-state index contributed by atoms with van der Waals surface area (Å²) < 4.78 is 33.8. The van der Waals surface area contributed by atoms with Crippen LogP contribution >= 0.6 is 15.9 Å².